The summed E-state index contributed by atoms with van der Waals surface area (Å²) in [6.45, 7) is 1.98. The molecule has 0 bridgehead atoms. The second kappa shape index (κ2) is 7.45. The Balaban J connectivity index is 0.00000242. The maximum Gasteiger partial charge on any atom is 0.287 e. The Kier molecular flexibility index (Phi) is 6.42. The van der Waals surface area contributed by atoms with Crippen LogP contribution in [0, 0.1) is 12.8 Å². The van der Waals surface area contributed by atoms with Gasteiger partial charge in [-0.2, -0.15) is 0 Å². The zero-order chi connectivity index (χ0) is 15.6. The van der Waals surface area contributed by atoms with Crippen molar-refractivity contribution in [2.24, 2.45) is 16.8 Å². The second-order valence-electron chi connectivity index (χ2n) is 5.44. The number of furan rings is 1. The molecule has 2 atom stereocenters. The molecule has 22 heavy (non-hydrogen) atoms. The normalized spacial score (nSPS) is 22.0. The number of hydrogen-bond acceptors (Lipinski definition) is 5. The highest BCUT2D eigenvalue weighted by Crippen LogP contribution is 2.24. The van der Waals surface area contributed by atoms with Gasteiger partial charge in [0.15, 0.2) is 5.76 Å². The van der Waals surface area contributed by atoms with Crippen molar-refractivity contribution >= 4 is 28.3 Å². The summed E-state index contributed by atoms with van der Waals surface area (Å²) in [7, 11) is -3.89. The lowest BCUT2D eigenvalue weighted by atomic mass is 9.84. The van der Waals surface area contributed by atoms with E-state index in [0.717, 1.165) is 25.7 Å². The highest BCUT2D eigenvalue weighted by molar-refractivity contribution is 7.89. The maximum atomic E-state index is 12.2. The Morgan fingerprint density at radius 3 is 2.59 bits per heavy atom. The fraction of sp³-hybridized carbons (Fsp3) is 0.615. The first-order valence-electron chi connectivity index (χ1n) is 6.97. The van der Waals surface area contributed by atoms with Crippen LogP contribution in [0.2, 0.25) is 0 Å². The van der Waals surface area contributed by atoms with E-state index in [4.69, 9.17) is 15.3 Å². The molecule has 0 radical (unpaired) electrons. The highest BCUT2D eigenvalue weighted by Gasteiger charge is 2.28. The first-order chi connectivity index (χ1) is 9.82. The summed E-state index contributed by atoms with van der Waals surface area (Å²) >= 11 is 0. The predicted octanol–water partition coefficient (Wildman–Crippen LogP) is 0.905. The molecule has 1 fully saturated rings. The maximum absolute atomic E-state index is 12.2. The van der Waals surface area contributed by atoms with E-state index in [2.05, 4.69) is 5.32 Å². The van der Waals surface area contributed by atoms with Gasteiger partial charge in [-0.15, -0.1) is 12.4 Å². The Bertz CT molecular complexity index is 629. The van der Waals surface area contributed by atoms with Gasteiger partial charge < -0.3 is 15.5 Å². The third-order valence-corrected chi connectivity index (χ3v) is 4.95. The lowest BCUT2D eigenvalue weighted by Gasteiger charge is -2.30. The number of sulfonamides is 1. The molecule has 1 saturated carbocycles. The average Bonchev–Trinajstić information content (AvgIpc) is 2.81. The van der Waals surface area contributed by atoms with Crippen molar-refractivity contribution in [2.45, 2.75) is 43.5 Å². The minimum atomic E-state index is -3.89. The quantitative estimate of drug-likeness (QED) is 0.742. The molecule has 7 nitrogen and oxygen atoms in total. The molecule has 1 aromatic heterocycles. The predicted molar refractivity (Wildman–Crippen MR) is 84.3 cm³/mol. The molecule has 1 amide bonds. The summed E-state index contributed by atoms with van der Waals surface area (Å²) in [5, 5.41) is 7.94. The van der Waals surface area contributed by atoms with Crippen LogP contribution in [0.4, 0.5) is 0 Å². The molecular formula is C13H22ClN3O4S. The van der Waals surface area contributed by atoms with Crippen LogP contribution < -0.4 is 16.2 Å². The van der Waals surface area contributed by atoms with Gasteiger partial charge in [-0.3, -0.25) is 4.79 Å². The molecule has 9 heteroatoms. The van der Waals surface area contributed by atoms with Crippen molar-refractivity contribution in [3.8, 4) is 0 Å². The van der Waals surface area contributed by atoms with Crippen LogP contribution in [0.1, 0.15) is 42.0 Å². The van der Waals surface area contributed by atoms with Crippen LogP contribution in [0.3, 0.4) is 0 Å². The molecule has 126 valence electrons. The fourth-order valence-corrected chi connectivity index (χ4v) is 3.49. The first kappa shape index (κ1) is 19.0. The number of halogens is 1. The number of nitrogens with two attached hydrogens (primary N) is 2. The minimum absolute atomic E-state index is 0. The van der Waals surface area contributed by atoms with Gasteiger partial charge in [-0.25, -0.2) is 13.6 Å². The van der Waals surface area contributed by atoms with Gasteiger partial charge in [0.2, 0.25) is 10.0 Å². The highest BCUT2D eigenvalue weighted by atomic mass is 35.5. The van der Waals surface area contributed by atoms with Gasteiger partial charge in [-0.1, -0.05) is 12.8 Å². The summed E-state index contributed by atoms with van der Waals surface area (Å²) in [5.41, 5.74) is 5.72. The van der Waals surface area contributed by atoms with Crippen molar-refractivity contribution in [3.63, 3.8) is 0 Å². The smallest absolute Gasteiger partial charge is 0.287 e. The van der Waals surface area contributed by atoms with Gasteiger partial charge in [0, 0.05) is 12.1 Å². The zero-order valence-electron chi connectivity index (χ0n) is 12.4. The van der Waals surface area contributed by atoms with E-state index in [1.165, 1.54) is 13.0 Å². The number of hydrogen-bond donors (Lipinski definition) is 3. The lowest BCUT2D eigenvalue weighted by Crippen LogP contribution is -2.44. The zero-order valence-corrected chi connectivity index (χ0v) is 14.0. The van der Waals surface area contributed by atoms with Gasteiger partial charge in [0.1, 0.15) is 10.7 Å². The molecule has 2 rings (SSSR count). The third-order valence-electron chi connectivity index (χ3n) is 3.93. The largest absolute Gasteiger partial charge is 0.455 e. The van der Waals surface area contributed by atoms with Crippen LogP contribution in [0.5, 0.6) is 0 Å². The van der Waals surface area contributed by atoms with Crippen molar-refractivity contribution in [1.29, 1.82) is 0 Å². The van der Waals surface area contributed by atoms with Crippen molar-refractivity contribution in [2.75, 3.05) is 6.54 Å². The second-order valence-corrected chi connectivity index (χ2v) is 6.97. The van der Waals surface area contributed by atoms with Crippen LogP contribution in [0.25, 0.3) is 0 Å². The van der Waals surface area contributed by atoms with Gasteiger partial charge >= 0.3 is 0 Å². The number of primary sulfonamides is 1. The molecule has 2 unspecified atom stereocenters. The number of nitrogens with one attached hydrogen (secondary N) is 1. The van der Waals surface area contributed by atoms with E-state index in [0.29, 0.717) is 6.54 Å². The molecule has 1 heterocycles. The van der Waals surface area contributed by atoms with Crippen molar-refractivity contribution < 1.29 is 17.6 Å². The van der Waals surface area contributed by atoms with Crippen LogP contribution in [-0.4, -0.2) is 26.9 Å². The number of rotatable bonds is 4. The molecule has 0 saturated heterocycles. The summed E-state index contributed by atoms with van der Waals surface area (Å²) in [5.74, 6) is -0.116. The van der Waals surface area contributed by atoms with E-state index >= 15 is 0 Å². The lowest BCUT2D eigenvalue weighted by molar-refractivity contribution is 0.0878. The molecule has 1 aliphatic rings. The van der Waals surface area contributed by atoms with E-state index in [-0.39, 0.29) is 40.8 Å². The average molecular weight is 352 g/mol. The molecule has 1 aromatic rings. The number of carbonyl (C=O) groups is 1. The van der Waals surface area contributed by atoms with Crippen molar-refractivity contribution in [1.82, 2.24) is 5.32 Å². The third kappa shape index (κ3) is 4.22. The topological polar surface area (TPSA) is 128 Å². The minimum Gasteiger partial charge on any atom is -0.455 e. The molecular weight excluding hydrogens is 330 g/mol. The standard InChI is InChI=1S/C13H21N3O4S.ClH/c1-8-12(21(15,18)19)6-11(20-8)13(17)16-10-5-3-2-4-9(10)7-14;/h6,9-10H,2-5,7,14H2,1H3,(H,16,17)(H2,15,18,19);1H. The molecule has 0 aromatic carbocycles. The summed E-state index contributed by atoms with van der Waals surface area (Å²) in [6, 6.07) is 1.17. The van der Waals surface area contributed by atoms with E-state index in [1.807, 2.05) is 0 Å². The molecule has 5 N–H and O–H groups in total. The van der Waals surface area contributed by atoms with Crippen LogP contribution >= 0.6 is 12.4 Å². The molecule has 0 aliphatic heterocycles. The Hall–Kier alpha value is -1.09. The Morgan fingerprint density at radius 2 is 2.05 bits per heavy atom. The summed E-state index contributed by atoms with van der Waals surface area (Å²) < 4.78 is 27.9. The van der Waals surface area contributed by atoms with Gasteiger partial charge in [0.05, 0.1) is 0 Å². The summed E-state index contributed by atoms with van der Waals surface area (Å²) in [6.07, 6.45) is 4.02. The monoisotopic (exact) mass is 351 g/mol. The van der Waals surface area contributed by atoms with E-state index in [1.54, 1.807) is 0 Å². The first-order valence-corrected chi connectivity index (χ1v) is 8.51. The van der Waals surface area contributed by atoms with Crippen molar-refractivity contribution in [3.05, 3.63) is 17.6 Å². The Morgan fingerprint density at radius 1 is 1.41 bits per heavy atom. The summed E-state index contributed by atoms with van der Waals surface area (Å²) in [4.78, 5) is 12.0. The Labute approximate surface area is 136 Å². The van der Waals surface area contributed by atoms with Crippen LogP contribution in [0.15, 0.2) is 15.4 Å². The SMILES string of the molecule is Cc1oc(C(=O)NC2CCCCC2CN)cc1S(N)(=O)=O.Cl. The van der Waals surface area contributed by atoms with Gasteiger partial charge in [0.25, 0.3) is 5.91 Å². The van der Waals surface area contributed by atoms with E-state index in [9.17, 15) is 13.2 Å². The van der Waals surface area contributed by atoms with E-state index < -0.39 is 15.9 Å². The number of amides is 1. The molecule has 0 spiro atoms. The fourth-order valence-electron chi connectivity index (χ4n) is 2.78. The van der Waals surface area contributed by atoms with Crippen LogP contribution in [-0.2, 0) is 10.0 Å². The van der Waals surface area contributed by atoms with Gasteiger partial charge in [-0.05, 0) is 32.2 Å². The number of aryl methyl sites for hydroxylation is 1. The number of carbonyl (C=O) groups excluding carboxylic acids is 1. The molecule has 1 aliphatic carbocycles.